The highest BCUT2D eigenvalue weighted by molar-refractivity contribution is 8.27. The molecule has 8 nitrogen and oxygen atoms in total. The van der Waals surface area contributed by atoms with Crippen molar-refractivity contribution in [1.82, 2.24) is 0 Å². The van der Waals surface area contributed by atoms with Crippen LogP contribution < -0.4 is 4.90 Å². The Labute approximate surface area is 197 Å². The molecule has 10 heteroatoms. The van der Waals surface area contributed by atoms with Gasteiger partial charge in [0.2, 0.25) is 0 Å². The summed E-state index contributed by atoms with van der Waals surface area (Å²) in [5.74, 6) is -0.177. The average molecular weight is 481 g/mol. The summed E-state index contributed by atoms with van der Waals surface area (Å²) in [6.07, 6.45) is 2.05. The molecule has 1 aliphatic heterocycles. The molecule has 1 aromatic heterocycles. The minimum absolute atomic E-state index is 0.0101. The summed E-state index contributed by atoms with van der Waals surface area (Å²) in [4.78, 5) is 35.9. The molecule has 0 saturated carbocycles. The van der Waals surface area contributed by atoms with Crippen LogP contribution in [0, 0.1) is 10.1 Å². The quantitative estimate of drug-likeness (QED) is 0.210. The number of amides is 1. The summed E-state index contributed by atoms with van der Waals surface area (Å²) < 4.78 is 6.18. The van der Waals surface area contributed by atoms with Gasteiger partial charge in [0.25, 0.3) is 11.6 Å². The van der Waals surface area contributed by atoms with Gasteiger partial charge in [0.1, 0.15) is 11.5 Å². The number of benzene rings is 2. The molecule has 0 aliphatic carbocycles. The van der Waals surface area contributed by atoms with Crippen molar-refractivity contribution in [3.05, 3.63) is 87.0 Å². The van der Waals surface area contributed by atoms with Gasteiger partial charge in [-0.15, -0.1) is 0 Å². The molecule has 1 saturated heterocycles. The highest BCUT2D eigenvalue weighted by Crippen LogP contribution is 2.37. The van der Waals surface area contributed by atoms with Crippen LogP contribution in [0.4, 0.5) is 11.4 Å². The van der Waals surface area contributed by atoms with Gasteiger partial charge in [-0.25, -0.2) is 0 Å². The number of hydrogen-bond donors (Lipinski definition) is 1. The molecule has 1 N–H and O–H groups in total. The van der Waals surface area contributed by atoms with E-state index in [-0.39, 0.29) is 18.0 Å². The highest BCUT2D eigenvalue weighted by atomic mass is 32.2. The summed E-state index contributed by atoms with van der Waals surface area (Å²) >= 11 is 6.55. The number of nitrogens with zero attached hydrogens (tertiary/aromatic N) is 2. The first kappa shape index (κ1) is 22.4. The van der Waals surface area contributed by atoms with Crippen molar-refractivity contribution in [2.24, 2.45) is 0 Å². The number of carboxylic acid groups (broad SMARTS) is 1. The lowest BCUT2D eigenvalue weighted by atomic mass is 10.1. The summed E-state index contributed by atoms with van der Waals surface area (Å²) in [5.41, 5.74) is 2.13. The van der Waals surface area contributed by atoms with E-state index in [2.05, 4.69) is 0 Å². The third-order valence-electron chi connectivity index (χ3n) is 4.88. The van der Waals surface area contributed by atoms with E-state index in [4.69, 9.17) is 21.7 Å². The first-order valence-electron chi connectivity index (χ1n) is 9.75. The molecule has 0 unspecified atom stereocenters. The van der Waals surface area contributed by atoms with Gasteiger partial charge in [0.05, 0.1) is 15.5 Å². The number of aryl methyl sites for hydroxylation is 1. The van der Waals surface area contributed by atoms with E-state index < -0.39 is 10.9 Å². The van der Waals surface area contributed by atoms with Crippen LogP contribution in [0.25, 0.3) is 17.4 Å². The molecule has 0 bridgehead atoms. The van der Waals surface area contributed by atoms with Crippen molar-refractivity contribution in [3.8, 4) is 11.3 Å². The molecular weight excluding hydrogens is 464 g/mol. The number of thiocarbonyl (C=S) groups is 1. The van der Waals surface area contributed by atoms with E-state index in [0.717, 1.165) is 17.3 Å². The van der Waals surface area contributed by atoms with Gasteiger partial charge in [-0.05, 0) is 48.4 Å². The van der Waals surface area contributed by atoms with E-state index >= 15 is 0 Å². The summed E-state index contributed by atoms with van der Waals surface area (Å²) in [6.45, 7) is 0. The van der Waals surface area contributed by atoms with Gasteiger partial charge in [-0.1, -0.05) is 36.1 Å². The molecule has 2 aromatic carbocycles. The van der Waals surface area contributed by atoms with E-state index in [1.807, 2.05) is 0 Å². The second-order valence-corrected chi connectivity index (χ2v) is 8.76. The van der Waals surface area contributed by atoms with Crippen molar-refractivity contribution in [3.63, 3.8) is 0 Å². The molecule has 1 aliphatic rings. The van der Waals surface area contributed by atoms with Crippen LogP contribution in [0.3, 0.4) is 0 Å². The molecule has 3 aromatic rings. The molecular formula is C23H16N2O6S2. The third kappa shape index (κ3) is 5.02. The Kier molecular flexibility index (Phi) is 6.38. The van der Waals surface area contributed by atoms with Crippen molar-refractivity contribution >= 4 is 57.6 Å². The SMILES string of the molecule is O=C(O)CCc1ccc(N2C(=O)/C(=C/c3ccc(-c4ccc([N+](=O)[O-])cc4)o3)SC2=S)cc1. The number of carboxylic acids is 1. The Morgan fingerprint density at radius 2 is 1.82 bits per heavy atom. The average Bonchev–Trinajstić information content (AvgIpc) is 3.37. The van der Waals surface area contributed by atoms with Gasteiger partial charge in [-0.2, -0.15) is 0 Å². The predicted molar refractivity (Wildman–Crippen MR) is 129 cm³/mol. The number of anilines is 1. The second-order valence-electron chi connectivity index (χ2n) is 7.08. The van der Waals surface area contributed by atoms with Crippen LogP contribution in [0.5, 0.6) is 0 Å². The topological polar surface area (TPSA) is 114 Å². The van der Waals surface area contributed by atoms with Crippen LogP contribution in [-0.2, 0) is 16.0 Å². The lowest BCUT2D eigenvalue weighted by Gasteiger charge is -2.14. The zero-order valence-electron chi connectivity index (χ0n) is 17.0. The Hall–Kier alpha value is -3.76. The number of non-ortho nitro benzene ring substituents is 1. The lowest BCUT2D eigenvalue weighted by Crippen LogP contribution is -2.27. The molecule has 166 valence electrons. The van der Waals surface area contributed by atoms with Crippen LogP contribution in [0.1, 0.15) is 17.7 Å². The number of thioether (sulfide) groups is 1. The summed E-state index contributed by atoms with van der Waals surface area (Å²) in [6, 6.07) is 16.5. The van der Waals surface area contributed by atoms with Crippen molar-refractivity contribution < 1.29 is 24.0 Å². The fourth-order valence-corrected chi connectivity index (χ4v) is 4.49. The number of carbonyl (C=O) groups is 2. The number of furan rings is 1. The fourth-order valence-electron chi connectivity index (χ4n) is 3.22. The first-order valence-corrected chi connectivity index (χ1v) is 11.0. The second kappa shape index (κ2) is 9.39. The van der Waals surface area contributed by atoms with E-state index in [9.17, 15) is 19.7 Å². The molecule has 2 heterocycles. The van der Waals surface area contributed by atoms with Crippen LogP contribution in [-0.4, -0.2) is 26.2 Å². The molecule has 33 heavy (non-hydrogen) atoms. The number of rotatable bonds is 7. The van der Waals surface area contributed by atoms with Crippen molar-refractivity contribution in [2.75, 3.05) is 4.90 Å². The van der Waals surface area contributed by atoms with Crippen LogP contribution in [0.2, 0.25) is 0 Å². The molecule has 1 fully saturated rings. The van der Waals surface area contributed by atoms with Crippen LogP contribution >= 0.6 is 24.0 Å². The van der Waals surface area contributed by atoms with Gasteiger partial charge in [0, 0.05) is 30.2 Å². The predicted octanol–water partition coefficient (Wildman–Crippen LogP) is 5.28. The Balaban J connectivity index is 1.50. The summed E-state index contributed by atoms with van der Waals surface area (Å²) in [7, 11) is 0. The number of nitro benzene ring substituents is 1. The fraction of sp³-hybridized carbons (Fsp3) is 0.0870. The largest absolute Gasteiger partial charge is 0.481 e. The maximum Gasteiger partial charge on any atom is 0.303 e. The van der Waals surface area contributed by atoms with E-state index in [1.165, 1.54) is 17.0 Å². The van der Waals surface area contributed by atoms with E-state index in [1.54, 1.807) is 54.6 Å². The zero-order valence-corrected chi connectivity index (χ0v) is 18.6. The van der Waals surface area contributed by atoms with Gasteiger partial charge in [-0.3, -0.25) is 24.6 Å². The Morgan fingerprint density at radius 3 is 2.45 bits per heavy atom. The maximum atomic E-state index is 13.0. The molecule has 0 radical (unpaired) electrons. The number of hydrogen-bond acceptors (Lipinski definition) is 7. The summed E-state index contributed by atoms with van der Waals surface area (Å²) in [5, 5.41) is 19.6. The monoisotopic (exact) mass is 480 g/mol. The minimum Gasteiger partial charge on any atom is -0.481 e. The zero-order chi connectivity index (χ0) is 23.5. The molecule has 4 rings (SSSR count). The molecule has 0 atom stereocenters. The molecule has 0 spiro atoms. The lowest BCUT2D eigenvalue weighted by molar-refractivity contribution is -0.384. The van der Waals surface area contributed by atoms with Gasteiger partial charge in [0.15, 0.2) is 4.32 Å². The third-order valence-corrected chi connectivity index (χ3v) is 6.18. The first-order chi connectivity index (χ1) is 15.8. The van der Waals surface area contributed by atoms with Gasteiger partial charge < -0.3 is 9.52 Å². The van der Waals surface area contributed by atoms with E-state index in [0.29, 0.717) is 38.4 Å². The number of nitro groups is 1. The number of aliphatic carboxylic acids is 1. The normalized spacial score (nSPS) is 14.8. The number of carbonyl (C=O) groups excluding carboxylic acids is 1. The smallest absolute Gasteiger partial charge is 0.303 e. The molecule has 1 amide bonds. The highest BCUT2D eigenvalue weighted by Gasteiger charge is 2.33. The van der Waals surface area contributed by atoms with Crippen LogP contribution in [0.15, 0.2) is 70.0 Å². The van der Waals surface area contributed by atoms with Gasteiger partial charge >= 0.3 is 5.97 Å². The minimum atomic E-state index is -0.865. The van der Waals surface area contributed by atoms with Crippen molar-refractivity contribution in [1.29, 1.82) is 0 Å². The Morgan fingerprint density at radius 1 is 1.12 bits per heavy atom. The standard InChI is InChI=1S/C23H16N2O6S2/c26-21(27)12-3-14-1-6-16(7-2-14)24-22(28)20(33-23(24)32)13-18-10-11-19(31-18)15-4-8-17(9-5-15)25(29)30/h1-2,4-11,13H,3,12H2,(H,26,27)/b20-13-. The maximum absolute atomic E-state index is 13.0. The Bertz CT molecular complexity index is 1280. The van der Waals surface area contributed by atoms with Crippen molar-refractivity contribution in [2.45, 2.75) is 12.8 Å².